The molecule has 5 heteroatoms. The van der Waals surface area contributed by atoms with Crippen LogP contribution >= 0.6 is 0 Å². The molecule has 1 amide bonds. The Morgan fingerprint density at radius 2 is 2.00 bits per heavy atom. The lowest BCUT2D eigenvalue weighted by Crippen LogP contribution is -2.13. The molecule has 0 saturated heterocycles. The topological polar surface area (TPSA) is 77.2 Å². The van der Waals surface area contributed by atoms with E-state index in [1.165, 1.54) is 0 Å². The van der Waals surface area contributed by atoms with E-state index in [4.69, 9.17) is 10.5 Å². The SMILES string of the molecule is CNC(C)c1cccnc1Oc1ccc(C(N)=O)cc1. The number of nitrogens with one attached hydrogen (secondary N) is 1. The first-order valence-electron chi connectivity index (χ1n) is 6.31. The zero-order valence-electron chi connectivity index (χ0n) is 11.5. The van der Waals surface area contributed by atoms with Gasteiger partial charge in [0.25, 0.3) is 0 Å². The molecule has 0 radical (unpaired) electrons. The van der Waals surface area contributed by atoms with E-state index >= 15 is 0 Å². The van der Waals surface area contributed by atoms with Crippen LogP contribution in [-0.4, -0.2) is 17.9 Å². The summed E-state index contributed by atoms with van der Waals surface area (Å²) in [5.74, 6) is 0.693. The van der Waals surface area contributed by atoms with Crippen molar-refractivity contribution in [2.45, 2.75) is 13.0 Å². The van der Waals surface area contributed by atoms with E-state index in [1.807, 2.05) is 26.1 Å². The average Bonchev–Trinajstić information content (AvgIpc) is 2.47. The van der Waals surface area contributed by atoms with Gasteiger partial charge in [-0.3, -0.25) is 4.79 Å². The number of primary amides is 1. The highest BCUT2D eigenvalue weighted by molar-refractivity contribution is 5.92. The predicted octanol–water partition coefficient (Wildman–Crippen LogP) is 2.25. The Labute approximate surface area is 117 Å². The van der Waals surface area contributed by atoms with Gasteiger partial charge in [0.15, 0.2) is 0 Å². The Morgan fingerprint density at radius 1 is 1.30 bits per heavy atom. The lowest BCUT2D eigenvalue weighted by molar-refractivity contribution is 0.100. The van der Waals surface area contributed by atoms with Crippen molar-refractivity contribution < 1.29 is 9.53 Å². The number of rotatable bonds is 5. The third-order valence-electron chi connectivity index (χ3n) is 3.05. The first kappa shape index (κ1) is 14.0. The van der Waals surface area contributed by atoms with Crippen LogP contribution < -0.4 is 15.8 Å². The number of pyridine rings is 1. The summed E-state index contributed by atoms with van der Waals surface area (Å²) in [6.45, 7) is 2.03. The Balaban J connectivity index is 2.23. The Hall–Kier alpha value is -2.40. The molecular formula is C15H17N3O2. The summed E-state index contributed by atoms with van der Waals surface area (Å²) < 4.78 is 5.76. The molecule has 1 aromatic carbocycles. The maximum Gasteiger partial charge on any atom is 0.248 e. The summed E-state index contributed by atoms with van der Waals surface area (Å²) in [4.78, 5) is 15.3. The zero-order chi connectivity index (χ0) is 14.5. The van der Waals surface area contributed by atoms with Crippen molar-refractivity contribution >= 4 is 5.91 Å². The summed E-state index contributed by atoms with van der Waals surface area (Å²) in [6, 6.07) is 10.6. The Morgan fingerprint density at radius 3 is 2.60 bits per heavy atom. The minimum absolute atomic E-state index is 0.128. The molecule has 0 aliphatic heterocycles. The first-order valence-corrected chi connectivity index (χ1v) is 6.31. The van der Waals surface area contributed by atoms with E-state index < -0.39 is 5.91 Å². The number of hydrogen-bond acceptors (Lipinski definition) is 4. The fraction of sp³-hybridized carbons (Fsp3) is 0.200. The third-order valence-corrected chi connectivity index (χ3v) is 3.05. The van der Waals surface area contributed by atoms with Crippen molar-refractivity contribution in [3.63, 3.8) is 0 Å². The van der Waals surface area contributed by atoms with Crippen LogP contribution in [0, 0.1) is 0 Å². The van der Waals surface area contributed by atoms with Gasteiger partial charge in [0, 0.05) is 23.4 Å². The van der Waals surface area contributed by atoms with Gasteiger partial charge in [-0.1, -0.05) is 6.07 Å². The first-order chi connectivity index (χ1) is 9.61. The molecule has 0 bridgehead atoms. The van der Waals surface area contributed by atoms with Crippen LogP contribution in [0.3, 0.4) is 0 Å². The quantitative estimate of drug-likeness (QED) is 0.874. The molecular weight excluding hydrogens is 254 g/mol. The molecule has 1 heterocycles. The van der Waals surface area contributed by atoms with Crippen LogP contribution in [0.1, 0.15) is 28.9 Å². The number of nitrogens with zero attached hydrogens (tertiary/aromatic N) is 1. The van der Waals surface area contributed by atoms with Crippen LogP contribution in [0.5, 0.6) is 11.6 Å². The highest BCUT2D eigenvalue weighted by atomic mass is 16.5. The Bertz CT molecular complexity index is 596. The second kappa shape index (κ2) is 6.16. The number of amides is 1. The summed E-state index contributed by atoms with van der Waals surface area (Å²) in [7, 11) is 1.88. The van der Waals surface area contributed by atoms with Crippen molar-refractivity contribution in [1.82, 2.24) is 10.3 Å². The van der Waals surface area contributed by atoms with Gasteiger partial charge >= 0.3 is 0 Å². The van der Waals surface area contributed by atoms with Crippen LogP contribution in [0.4, 0.5) is 0 Å². The molecule has 0 fully saturated rings. The molecule has 1 unspecified atom stereocenters. The number of ether oxygens (including phenoxy) is 1. The van der Waals surface area contributed by atoms with Gasteiger partial charge in [-0.15, -0.1) is 0 Å². The van der Waals surface area contributed by atoms with Gasteiger partial charge in [-0.2, -0.15) is 0 Å². The summed E-state index contributed by atoms with van der Waals surface area (Å²) in [5.41, 5.74) is 6.61. The smallest absolute Gasteiger partial charge is 0.248 e. The largest absolute Gasteiger partial charge is 0.439 e. The highest BCUT2D eigenvalue weighted by Crippen LogP contribution is 2.27. The lowest BCUT2D eigenvalue weighted by atomic mass is 10.1. The monoisotopic (exact) mass is 271 g/mol. The standard InChI is InChI=1S/C15H17N3O2/c1-10(17-2)13-4-3-9-18-15(13)20-12-7-5-11(6-8-12)14(16)19/h3-10,17H,1-2H3,(H2,16,19). The molecule has 1 aromatic heterocycles. The molecule has 1 atom stereocenters. The number of carbonyl (C=O) groups excluding carboxylic acids is 1. The summed E-state index contributed by atoms with van der Waals surface area (Å²) >= 11 is 0. The predicted molar refractivity (Wildman–Crippen MR) is 76.7 cm³/mol. The van der Waals surface area contributed by atoms with Gasteiger partial charge in [0.05, 0.1) is 0 Å². The number of nitrogens with two attached hydrogens (primary N) is 1. The third kappa shape index (κ3) is 3.13. The molecule has 5 nitrogen and oxygen atoms in total. The fourth-order valence-electron chi connectivity index (χ4n) is 1.77. The molecule has 0 spiro atoms. The highest BCUT2D eigenvalue weighted by Gasteiger charge is 2.11. The number of benzene rings is 1. The van der Waals surface area contributed by atoms with Crippen LogP contribution in [-0.2, 0) is 0 Å². The number of hydrogen-bond donors (Lipinski definition) is 2. The molecule has 104 valence electrons. The van der Waals surface area contributed by atoms with Crippen LogP contribution in [0.2, 0.25) is 0 Å². The molecule has 2 aromatic rings. The molecule has 0 aliphatic carbocycles. The minimum Gasteiger partial charge on any atom is -0.439 e. The fourth-order valence-corrected chi connectivity index (χ4v) is 1.77. The number of carbonyl (C=O) groups is 1. The van der Waals surface area contributed by atoms with E-state index in [1.54, 1.807) is 30.5 Å². The molecule has 0 aliphatic rings. The van der Waals surface area contributed by atoms with Crippen molar-refractivity contribution in [1.29, 1.82) is 0 Å². The van der Waals surface area contributed by atoms with Crippen LogP contribution in [0.15, 0.2) is 42.6 Å². The van der Waals surface area contributed by atoms with E-state index in [2.05, 4.69) is 10.3 Å². The van der Waals surface area contributed by atoms with Gasteiger partial charge in [0.2, 0.25) is 11.8 Å². The molecule has 3 N–H and O–H groups in total. The normalized spacial score (nSPS) is 11.9. The molecule has 2 rings (SSSR count). The van der Waals surface area contributed by atoms with E-state index in [9.17, 15) is 4.79 Å². The molecule has 20 heavy (non-hydrogen) atoms. The second-order valence-electron chi connectivity index (χ2n) is 4.40. The van der Waals surface area contributed by atoms with E-state index in [0.717, 1.165) is 5.56 Å². The summed E-state index contributed by atoms with van der Waals surface area (Å²) in [5, 5.41) is 3.15. The van der Waals surface area contributed by atoms with Crippen LogP contribution in [0.25, 0.3) is 0 Å². The average molecular weight is 271 g/mol. The second-order valence-corrected chi connectivity index (χ2v) is 4.40. The van der Waals surface area contributed by atoms with Crippen molar-refractivity contribution in [3.8, 4) is 11.6 Å². The zero-order valence-corrected chi connectivity index (χ0v) is 11.5. The van der Waals surface area contributed by atoms with Gasteiger partial charge in [0.1, 0.15) is 5.75 Å². The summed E-state index contributed by atoms with van der Waals surface area (Å²) in [6.07, 6.45) is 1.68. The lowest BCUT2D eigenvalue weighted by Gasteiger charge is -2.15. The van der Waals surface area contributed by atoms with Crippen molar-refractivity contribution in [3.05, 3.63) is 53.7 Å². The van der Waals surface area contributed by atoms with Gasteiger partial charge in [-0.25, -0.2) is 4.98 Å². The number of aromatic nitrogens is 1. The maximum absolute atomic E-state index is 11.0. The minimum atomic E-state index is -0.459. The van der Waals surface area contributed by atoms with E-state index in [0.29, 0.717) is 17.2 Å². The van der Waals surface area contributed by atoms with E-state index in [-0.39, 0.29) is 6.04 Å². The van der Waals surface area contributed by atoms with Crippen molar-refractivity contribution in [2.75, 3.05) is 7.05 Å². The van der Waals surface area contributed by atoms with Crippen molar-refractivity contribution in [2.24, 2.45) is 5.73 Å². The molecule has 0 saturated carbocycles. The Kier molecular flexibility index (Phi) is 4.32. The maximum atomic E-state index is 11.0. The van der Waals surface area contributed by atoms with Gasteiger partial charge in [-0.05, 0) is 44.3 Å². The van der Waals surface area contributed by atoms with Gasteiger partial charge < -0.3 is 15.8 Å².